The highest BCUT2D eigenvalue weighted by Gasteiger charge is 2.39. The van der Waals surface area contributed by atoms with Crippen LogP contribution in [0.15, 0.2) is 12.3 Å². The SMILES string of the molecule is CC(C)C1NC(=O)C(C)N(Cc2ccn(C(C)C)n2)C1=O. The molecule has 2 unspecified atom stereocenters. The fourth-order valence-corrected chi connectivity index (χ4v) is 2.44. The van der Waals surface area contributed by atoms with Crippen molar-refractivity contribution in [2.75, 3.05) is 0 Å². The number of hydrogen-bond donors (Lipinski definition) is 1. The van der Waals surface area contributed by atoms with Gasteiger partial charge in [-0.1, -0.05) is 13.8 Å². The molecule has 0 saturated carbocycles. The molecule has 6 nitrogen and oxygen atoms in total. The van der Waals surface area contributed by atoms with Gasteiger partial charge in [0, 0.05) is 12.2 Å². The fourth-order valence-electron chi connectivity index (χ4n) is 2.44. The molecule has 2 rings (SSSR count). The first-order chi connectivity index (χ1) is 9.81. The molecule has 0 aliphatic carbocycles. The molecule has 2 atom stereocenters. The Morgan fingerprint density at radius 2 is 1.95 bits per heavy atom. The highest BCUT2D eigenvalue weighted by Crippen LogP contribution is 2.18. The third-order valence-electron chi connectivity index (χ3n) is 3.89. The largest absolute Gasteiger partial charge is 0.342 e. The van der Waals surface area contributed by atoms with Crippen LogP contribution in [0.1, 0.15) is 46.4 Å². The van der Waals surface area contributed by atoms with Gasteiger partial charge in [0.05, 0.1) is 12.2 Å². The summed E-state index contributed by atoms with van der Waals surface area (Å²) in [4.78, 5) is 26.2. The van der Waals surface area contributed by atoms with E-state index in [0.717, 1.165) is 5.69 Å². The van der Waals surface area contributed by atoms with E-state index in [1.165, 1.54) is 0 Å². The second-order valence-corrected chi connectivity index (χ2v) is 6.25. The van der Waals surface area contributed by atoms with Crippen LogP contribution in [0.5, 0.6) is 0 Å². The maximum atomic E-state index is 12.5. The molecule has 21 heavy (non-hydrogen) atoms. The summed E-state index contributed by atoms with van der Waals surface area (Å²) in [5.74, 6) is -0.0579. The third kappa shape index (κ3) is 3.09. The summed E-state index contributed by atoms with van der Waals surface area (Å²) in [5.41, 5.74) is 0.807. The molecule has 1 N–H and O–H groups in total. The minimum atomic E-state index is -0.461. The number of carbonyl (C=O) groups is 2. The van der Waals surface area contributed by atoms with Crippen molar-refractivity contribution in [3.05, 3.63) is 18.0 Å². The van der Waals surface area contributed by atoms with Crippen LogP contribution in [-0.2, 0) is 16.1 Å². The highest BCUT2D eigenvalue weighted by atomic mass is 16.2. The van der Waals surface area contributed by atoms with Crippen LogP contribution in [0, 0.1) is 5.92 Å². The lowest BCUT2D eigenvalue weighted by molar-refractivity contribution is -0.150. The summed E-state index contributed by atoms with van der Waals surface area (Å²) in [6.45, 7) is 10.1. The van der Waals surface area contributed by atoms with Gasteiger partial charge in [-0.05, 0) is 32.8 Å². The summed E-state index contributed by atoms with van der Waals surface area (Å²) in [6, 6.07) is 1.27. The van der Waals surface area contributed by atoms with E-state index in [1.54, 1.807) is 11.8 Å². The molecule has 2 heterocycles. The molecule has 0 aromatic carbocycles. The van der Waals surface area contributed by atoms with Crippen LogP contribution in [-0.4, -0.2) is 38.6 Å². The van der Waals surface area contributed by atoms with Crippen molar-refractivity contribution < 1.29 is 9.59 Å². The van der Waals surface area contributed by atoms with E-state index >= 15 is 0 Å². The van der Waals surface area contributed by atoms with Gasteiger partial charge in [0.15, 0.2) is 0 Å². The highest BCUT2D eigenvalue weighted by molar-refractivity contribution is 5.96. The number of carbonyl (C=O) groups excluding carboxylic acids is 2. The van der Waals surface area contributed by atoms with E-state index in [4.69, 9.17) is 0 Å². The molecule has 116 valence electrons. The van der Waals surface area contributed by atoms with Crippen LogP contribution in [0.2, 0.25) is 0 Å². The van der Waals surface area contributed by atoms with Gasteiger partial charge >= 0.3 is 0 Å². The van der Waals surface area contributed by atoms with Crippen LogP contribution in [0.4, 0.5) is 0 Å². The van der Waals surface area contributed by atoms with Gasteiger partial charge in [0.25, 0.3) is 0 Å². The van der Waals surface area contributed by atoms with Crippen molar-refractivity contribution in [2.24, 2.45) is 5.92 Å². The first-order valence-corrected chi connectivity index (χ1v) is 7.46. The zero-order chi connectivity index (χ0) is 15.7. The summed E-state index contributed by atoms with van der Waals surface area (Å²) in [6.07, 6.45) is 1.90. The van der Waals surface area contributed by atoms with E-state index in [2.05, 4.69) is 10.4 Å². The average molecular weight is 292 g/mol. The Kier molecular flexibility index (Phi) is 4.34. The average Bonchev–Trinajstić information content (AvgIpc) is 2.87. The predicted octanol–water partition coefficient (Wildman–Crippen LogP) is 1.34. The van der Waals surface area contributed by atoms with E-state index in [9.17, 15) is 9.59 Å². The molecule has 1 aromatic heterocycles. The number of hydrogen-bond acceptors (Lipinski definition) is 3. The Labute approximate surface area is 125 Å². The van der Waals surface area contributed by atoms with Crippen molar-refractivity contribution in [1.82, 2.24) is 20.0 Å². The number of nitrogens with zero attached hydrogens (tertiary/aromatic N) is 3. The molecule has 6 heteroatoms. The minimum Gasteiger partial charge on any atom is -0.342 e. The van der Waals surface area contributed by atoms with Gasteiger partial charge in [-0.15, -0.1) is 0 Å². The fraction of sp³-hybridized carbons (Fsp3) is 0.667. The first-order valence-electron chi connectivity index (χ1n) is 7.46. The van der Waals surface area contributed by atoms with Crippen molar-refractivity contribution in [3.8, 4) is 0 Å². The van der Waals surface area contributed by atoms with E-state index in [-0.39, 0.29) is 23.8 Å². The number of aromatic nitrogens is 2. The van der Waals surface area contributed by atoms with E-state index in [1.807, 2.05) is 44.6 Å². The van der Waals surface area contributed by atoms with E-state index in [0.29, 0.717) is 6.54 Å². The zero-order valence-electron chi connectivity index (χ0n) is 13.3. The number of amides is 2. The van der Waals surface area contributed by atoms with Gasteiger partial charge in [-0.3, -0.25) is 14.3 Å². The number of rotatable bonds is 4. The first kappa shape index (κ1) is 15.5. The van der Waals surface area contributed by atoms with Crippen LogP contribution >= 0.6 is 0 Å². The minimum absolute atomic E-state index is 0.0313. The standard InChI is InChI=1S/C15H24N4O2/c1-9(2)13-15(21)18(11(5)14(20)16-13)8-12-6-7-19(17-12)10(3)4/h6-7,9-11,13H,8H2,1-5H3,(H,16,20). The van der Waals surface area contributed by atoms with Crippen molar-refractivity contribution in [2.45, 2.75) is 59.3 Å². The van der Waals surface area contributed by atoms with Crippen molar-refractivity contribution in [3.63, 3.8) is 0 Å². The maximum Gasteiger partial charge on any atom is 0.246 e. The molecule has 1 fully saturated rings. The van der Waals surface area contributed by atoms with Gasteiger partial charge in [-0.25, -0.2) is 0 Å². The third-order valence-corrected chi connectivity index (χ3v) is 3.89. The van der Waals surface area contributed by atoms with Crippen molar-refractivity contribution in [1.29, 1.82) is 0 Å². The van der Waals surface area contributed by atoms with Crippen molar-refractivity contribution >= 4 is 11.8 Å². The molecule has 0 bridgehead atoms. The molecule has 0 radical (unpaired) electrons. The maximum absolute atomic E-state index is 12.5. The summed E-state index contributed by atoms with van der Waals surface area (Å²) in [5, 5.41) is 7.26. The molecule has 0 spiro atoms. The molecule has 1 aromatic rings. The lowest BCUT2D eigenvalue weighted by Gasteiger charge is -2.38. The molecule has 1 aliphatic rings. The Hall–Kier alpha value is -1.85. The van der Waals surface area contributed by atoms with Crippen LogP contribution in [0.25, 0.3) is 0 Å². The summed E-state index contributed by atoms with van der Waals surface area (Å²) < 4.78 is 1.86. The summed E-state index contributed by atoms with van der Waals surface area (Å²) in [7, 11) is 0. The normalized spacial score (nSPS) is 23.1. The topological polar surface area (TPSA) is 67.2 Å². The summed E-state index contributed by atoms with van der Waals surface area (Å²) >= 11 is 0. The zero-order valence-corrected chi connectivity index (χ0v) is 13.3. The molecule has 1 saturated heterocycles. The molecule has 2 amide bonds. The van der Waals surface area contributed by atoms with E-state index < -0.39 is 12.1 Å². The second-order valence-electron chi connectivity index (χ2n) is 6.25. The Bertz CT molecular complexity index is 536. The number of nitrogens with one attached hydrogen (secondary N) is 1. The quantitative estimate of drug-likeness (QED) is 0.910. The number of piperazine rings is 1. The van der Waals surface area contributed by atoms with Gasteiger partial charge in [-0.2, -0.15) is 5.10 Å². The Morgan fingerprint density at radius 1 is 1.29 bits per heavy atom. The lowest BCUT2D eigenvalue weighted by atomic mass is 9.98. The molecular formula is C15H24N4O2. The predicted molar refractivity (Wildman–Crippen MR) is 79.4 cm³/mol. The Balaban J connectivity index is 2.18. The van der Waals surface area contributed by atoms with Gasteiger partial charge in [0.1, 0.15) is 12.1 Å². The second kappa shape index (κ2) is 5.87. The molecular weight excluding hydrogens is 268 g/mol. The smallest absolute Gasteiger partial charge is 0.246 e. The molecule has 1 aliphatic heterocycles. The van der Waals surface area contributed by atoms with Gasteiger partial charge in [0.2, 0.25) is 11.8 Å². The van der Waals surface area contributed by atoms with Crippen LogP contribution in [0.3, 0.4) is 0 Å². The monoisotopic (exact) mass is 292 g/mol. The van der Waals surface area contributed by atoms with Crippen LogP contribution < -0.4 is 5.32 Å². The lowest BCUT2D eigenvalue weighted by Crippen LogP contribution is -2.63. The Morgan fingerprint density at radius 3 is 2.48 bits per heavy atom. The van der Waals surface area contributed by atoms with Gasteiger partial charge < -0.3 is 10.2 Å².